The lowest BCUT2D eigenvalue weighted by Crippen LogP contribution is -2.27. The van der Waals surface area contributed by atoms with Gasteiger partial charge in [-0.15, -0.1) is 0 Å². The highest BCUT2D eigenvalue weighted by molar-refractivity contribution is 7.89. The Morgan fingerprint density at radius 3 is 2.74 bits per heavy atom. The summed E-state index contributed by atoms with van der Waals surface area (Å²) in [4.78, 5) is 0.164. The zero-order valence-corrected chi connectivity index (χ0v) is 12.8. The minimum Gasteiger partial charge on any atom is -0.389 e. The fourth-order valence-corrected chi connectivity index (χ4v) is 3.59. The molecule has 2 unspecified atom stereocenters. The van der Waals surface area contributed by atoms with E-state index in [0.717, 1.165) is 6.42 Å². The molecule has 1 fully saturated rings. The maximum Gasteiger partial charge on any atom is 0.242 e. The third-order valence-electron chi connectivity index (χ3n) is 3.32. The van der Waals surface area contributed by atoms with Gasteiger partial charge >= 0.3 is 0 Å². The molecular formula is C12H15ClN2O2S2. The molecule has 0 heterocycles. The summed E-state index contributed by atoms with van der Waals surface area (Å²) in [6.07, 6.45) is 1.06. The van der Waals surface area contributed by atoms with E-state index in [1.165, 1.54) is 12.1 Å². The lowest BCUT2D eigenvalue weighted by Gasteiger charge is -2.09. The molecule has 7 heteroatoms. The number of halogens is 1. The first-order valence-electron chi connectivity index (χ1n) is 5.90. The second-order valence-electron chi connectivity index (χ2n) is 4.83. The van der Waals surface area contributed by atoms with Crippen molar-refractivity contribution in [3.8, 4) is 0 Å². The van der Waals surface area contributed by atoms with Crippen LogP contribution in [0.1, 0.15) is 18.9 Å². The van der Waals surface area contributed by atoms with Crippen LogP contribution in [-0.4, -0.2) is 20.0 Å². The van der Waals surface area contributed by atoms with E-state index in [2.05, 4.69) is 11.6 Å². The molecule has 0 amide bonds. The number of hydrogen-bond donors (Lipinski definition) is 2. The number of hydrogen-bond acceptors (Lipinski definition) is 3. The van der Waals surface area contributed by atoms with Gasteiger partial charge in [-0.3, -0.25) is 0 Å². The highest BCUT2D eigenvalue weighted by Gasteiger charge is 2.33. The van der Waals surface area contributed by atoms with Crippen molar-refractivity contribution in [2.24, 2.45) is 17.6 Å². The Morgan fingerprint density at radius 1 is 1.58 bits per heavy atom. The monoisotopic (exact) mass is 318 g/mol. The fraction of sp³-hybridized carbons (Fsp3) is 0.417. The Balaban J connectivity index is 2.23. The molecule has 0 radical (unpaired) electrons. The van der Waals surface area contributed by atoms with Crippen LogP contribution in [-0.2, 0) is 10.0 Å². The van der Waals surface area contributed by atoms with Crippen molar-refractivity contribution in [2.75, 3.05) is 6.54 Å². The van der Waals surface area contributed by atoms with Gasteiger partial charge in [0.25, 0.3) is 0 Å². The van der Waals surface area contributed by atoms with Crippen LogP contribution in [0.5, 0.6) is 0 Å². The molecule has 104 valence electrons. The summed E-state index contributed by atoms with van der Waals surface area (Å²) in [6.45, 7) is 2.54. The zero-order valence-electron chi connectivity index (χ0n) is 10.4. The van der Waals surface area contributed by atoms with Crippen molar-refractivity contribution in [2.45, 2.75) is 18.2 Å². The van der Waals surface area contributed by atoms with Gasteiger partial charge in [0.15, 0.2) is 0 Å². The van der Waals surface area contributed by atoms with Crippen LogP contribution in [0.15, 0.2) is 23.1 Å². The van der Waals surface area contributed by atoms with Gasteiger partial charge in [0.05, 0.1) is 5.02 Å². The van der Waals surface area contributed by atoms with Gasteiger partial charge in [-0.05, 0) is 30.4 Å². The van der Waals surface area contributed by atoms with E-state index < -0.39 is 10.0 Å². The summed E-state index contributed by atoms with van der Waals surface area (Å²) in [5, 5.41) is 0.163. The summed E-state index contributed by atoms with van der Waals surface area (Å²) in [5.41, 5.74) is 5.99. The molecule has 19 heavy (non-hydrogen) atoms. The zero-order chi connectivity index (χ0) is 14.2. The first-order chi connectivity index (χ1) is 8.81. The van der Waals surface area contributed by atoms with E-state index in [4.69, 9.17) is 29.6 Å². The van der Waals surface area contributed by atoms with Crippen molar-refractivity contribution >= 4 is 38.8 Å². The maximum atomic E-state index is 12.2. The summed E-state index contributed by atoms with van der Waals surface area (Å²) >= 11 is 10.8. The van der Waals surface area contributed by atoms with Gasteiger partial charge in [0.2, 0.25) is 10.0 Å². The molecule has 0 saturated heterocycles. The van der Waals surface area contributed by atoms with Crippen LogP contribution < -0.4 is 10.5 Å². The van der Waals surface area contributed by atoms with Crippen LogP contribution in [0.25, 0.3) is 0 Å². The largest absolute Gasteiger partial charge is 0.389 e. The molecule has 0 aliphatic heterocycles. The molecule has 0 aromatic heterocycles. The Hall–Kier alpha value is -0.690. The van der Waals surface area contributed by atoms with Crippen LogP contribution in [0.2, 0.25) is 5.02 Å². The van der Waals surface area contributed by atoms with Crippen molar-refractivity contribution in [1.29, 1.82) is 0 Å². The molecule has 1 aromatic rings. The SMILES string of the molecule is CC1CC1CNS(=O)(=O)c1cc(C(N)=S)ccc1Cl. The maximum absolute atomic E-state index is 12.2. The highest BCUT2D eigenvalue weighted by Crippen LogP contribution is 2.37. The Kier molecular flexibility index (Phi) is 4.15. The Morgan fingerprint density at radius 2 is 2.21 bits per heavy atom. The van der Waals surface area contributed by atoms with Crippen LogP contribution in [0, 0.1) is 11.8 Å². The average molecular weight is 319 g/mol. The normalized spacial score (nSPS) is 22.2. The number of benzene rings is 1. The predicted octanol–water partition coefficient (Wildman–Crippen LogP) is 1.91. The van der Waals surface area contributed by atoms with Crippen molar-refractivity contribution in [3.63, 3.8) is 0 Å². The number of nitrogens with two attached hydrogens (primary N) is 1. The number of rotatable bonds is 5. The van der Waals surface area contributed by atoms with E-state index >= 15 is 0 Å². The third kappa shape index (κ3) is 3.45. The molecule has 0 bridgehead atoms. The van der Waals surface area contributed by atoms with E-state index in [0.29, 0.717) is 23.9 Å². The van der Waals surface area contributed by atoms with Crippen LogP contribution in [0.4, 0.5) is 0 Å². The van der Waals surface area contributed by atoms with E-state index in [-0.39, 0.29) is 14.9 Å². The van der Waals surface area contributed by atoms with Crippen LogP contribution >= 0.6 is 23.8 Å². The minimum absolute atomic E-state index is 0.0211. The molecule has 0 spiro atoms. The van der Waals surface area contributed by atoms with Gasteiger partial charge in [0, 0.05) is 12.1 Å². The van der Waals surface area contributed by atoms with Crippen molar-refractivity contribution < 1.29 is 8.42 Å². The van der Waals surface area contributed by atoms with Gasteiger partial charge in [-0.25, -0.2) is 13.1 Å². The van der Waals surface area contributed by atoms with Gasteiger partial charge in [0.1, 0.15) is 9.88 Å². The number of sulfonamides is 1. The van der Waals surface area contributed by atoms with Gasteiger partial charge in [-0.1, -0.05) is 36.8 Å². The van der Waals surface area contributed by atoms with E-state index in [1.807, 2.05) is 0 Å². The first kappa shape index (κ1) is 14.7. The van der Waals surface area contributed by atoms with Crippen LogP contribution in [0.3, 0.4) is 0 Å². The van der Waals surface area contributed by atoms with Crippen molar-refractivity contribution in [1.82, 2.24) is 4.72 Å². The van der Waals surface area contributed by atoms with E-state index in [9.17, 15) is 8.42 Å². The second kappa shape index (κ2) is 5.36. The molecule has 2 atom stereocenters. The molecule has 4 nitrogen and oxygen atoms in total. The topological polar surface area (TPSA) is 72.2 Å². The fourth-order valence-electron chi connectivity index (χ4n) is 1.84. The second-order valence-corrected chi connectivity index (χ2v) is 7.42. The summed E-state index contributed by atoms with van der Waals surface area (Å²) < 4.78 is 27.0. The Labute approximate surface area is 123 Å². The quantitative estimate of drug-likeness (QED) is 0.813. The van der Waals surface area contributed by atoms with Gasteiger partial charge in [-0.2, -0.15) is 0 Å². The lowest BCUT2D eigenvalue weighted by atomic mass is 10.2. The first-order valence-corrected chi connectivity index (χ1v) is 8.17. The summed E-state index contributed by atoms with van der Waals surface area (Å²) in [7, 11) is -3.62. The predicted molar refractivity (Wildman–Crippen MR) is 79.8 cm³/mol. The van der Waals surface area contributed by atoms with Crippen molar-refractivity contribution in [3.05, 3.63) is 28.8 Å². The lowest BCUT2D eigenvalue weighted by molar-refractivity contribution is 0.574. The molecule has 1 aromatic carbocycles. The molecule has 3 N–H and O–H groups in total. The smallest absolute Gasteiger partial charge is 0.242 e. The van der Waals surface area contributed by atoms with Gasteiger partial charge < -0.3 is 5.73 Å². The number of thiocarbonyl (C=S) groups is 1. The molecule has 1 aliphatic carbocycles. The molecule has 1 aliphatic rings. The highest BCUT2D eigenvalue weighted by atomic mass is 35.5. The molecular weight excluding hydrogens is 304 g/mol. The summed E-state index contributed by atoms with van der Waals surface area (Å²) in [6, 6.07) is 4.50. The molecule has 2 rings (SSSR count). The minimum atomic E-state index is -3.62. The molecule has 1 saturated carbocycles. The Bertz CT molecular complexity index is 616. The van der Waals surface area contributed by atoms with E-state index in [1.54, 1.807) is 6.07 Å². The summed E-state index contributed by atoms with van der Waals surface area (Å²) in [5.74, 6) is 1.01. The number of nitrogens with one attached hydrogen (secondary N) is 1. The standard InChI is InChI=1S/C12H15ClN2O2S2/c1-7-4-9(7)6-15-19(16,17)11-5-8(12(14)18)2-3-10(11)13/h2-3,5,7,9,15H,4,6H2,1H3,(H2,14,18). The third-order valence-corrected chi connectivity index (χ3v) is 5.46. The average Bonchev–Trinajstić information content (AvgIpc) is 3.03.